The number of aromatic amines is 1. The Labute approximate surface area is 73.9 Å². The van der Waals surface area contributed by atoms with E-state index in [0.717, 1.165) is 0 Å². The molecule has 0 saturated carbocycles. The molecule has 5 heteroatoms. The third-order valence-electron chi connectivity index (χ3n) is 1.44. The summed E-state index contributed by atoms with van der Waals surface area (Å²) in [7, 11) is 0. The Hall–Kier alpha value is -1.23. The fourth-order valence-electron chi connectivity index (χ4n) is 1.00. The zero-order valence-electron chi connectivity index (χ0n) is 6.75. The molecule has 1 heterocycles. The fraction of sp³-hybridized carbons (Fsp3) is 0.286. The van der Waals surface area contributed by atoms with Gasteiger partial charge in [0.05, 0.1) is 0 Å². The van der Waals surface area contributed by atoms with Crippen molar-refractivity contribution in [3.8, 4) is 0 Å². The van der Waals surface area contributed by atoms with Gasteiger partial charge in [0, 0.05) is 18.7 Å². The summed E-state index contributed by atoms with van der Waals surface area (Å²) in [5, 5.41) is 0. The smallest absolute Gasteiger partial charge is 0.251 e. The van der Waals surface area contributed by atoms with Crippen LogP contribution in [0.4, 0.5) is 0 Å². The maximum atomic E-state index is 11.0. The highest BCUT2D eigenvalue weighted by atomic mass is 32.1. The van der Waals surface area contributed by atoms with E-state index in [2.05, 4.69) is 4.98 Å². The SMILES string of the molecule is CC(=O)n1c(C)cc(=O)[nH]c1=S. The third kappa shape index (κ3) is 1.50. The van der Waals surface area contributed by atoms with Crippen molar-refractivity contribution in [1.82, 2.24) is 9.55 Å². The largest absolute Gasteiger partial charge is 0.299 e. The summed E-state index contributed by atoms with van der Waals surface area (Å²) < 4.78 is 1.42. The van der Waals surface area contributed by atoms with Crippen LogP contribution in [0.1, 0.15) is 17.4 Å². The van der Waals surface area contributed by atoms with Gasteiger partial charge in [0.15, 0.2) is 4.77 Å². The Bertz CT molecular complexity index is 430. The molecule has 0 bridgehead atoms. The molecule has 0 aliphatic rings. The second kappa shape index (κ2) is 3.02. The van der Waals surface area contributed by atoms with Gasteiger partial charge in [-0.25, -0.2) is 0 Å². The normalized spacial score (nSPS) is 9.83. The molecule has 0 fully saturated rings. The second-order valence-electron chi connectivity index (χ2n) is 2.43. The standard InChI is InChI=1S/C7H8N2O2S/c1-4-3-6(11)8-7(12)9(4)5(2)10/h3H,1-2H3,(H,8,11,12). The van der Waals surface area contributed by atoms with Gasteiger partial charge < -0.3 is 0 Å². The monoisotopic (exact) mass is 184 g/mol. The number of hydrogen-bond donors (Lipinski definition) is 1. The van der Waals surface area contributed by atoms with Crippen LogP contribution in [0.5, 0.6) is 0 Å². The summed E-state index contributed by atoms with van der Waals surface area (Å²) in [6, 6.07) is 1.33. The molecule has 0 saturated heterocycles. The van der Waals surface area contributed by atoms with Crippen LogP contribution in [-0.4, -0.2) is 15.5 Å². The summed E-state index contributed by atoms with van der Waals surface area (Å²) in [4.78, 5) is 24.2. The van der Waals surface area contributed by atoms with Gasteiger partial charge >= 0.3 is 0 Å². The zero-order chi connectivity index (χ0) is 9.30. The molecule has 12 heavy (non-hydrogen) atoms. The molecule has 1 N–H and O–H groups in total. The van der Waals surface area contributed by atoms with E-state index in [4.69, 9.17) is 12.2 Å². The Kier molecular flexibility index (Phi) is 2.23. The van der Waals surface area contributed by atoms with E-state index < -0.39 is 0 Å². The predicted molar refractivity (Wildman–Crippen MR) is 46.9 cm³/mol. The van der Waals surface area contributed by atoms with Crippen molar-refractivity contribution < 1.29 is 4.79 Å². The Morgan fingerprint density at radius 1 is 1.67 bits per heavy atom. The van der Waals surface area contributed by atoms with E-state index in [-0.39, 0.29) is 16.2 Å². The molecule has 0 aliphatic carbocycles. The van der Waals surface area contributed by atoms with Crippen LogP contribution in [0.3, 0.4) is 0 Å². The summed E-state index contributed by atoms with van der Waals surface area (Å²) in [5.41, 5.74) is 0.270. The van der Waals surface area contributed by atoms with Crippen LogP contribution in [0.25, 0.3) is 0 Å². The summed E-state index contributed by atoms with van der Waals surface area (Å²) in [6.45, 7) is 3.05. The van der Waals surface area contributed by atoms with Crippen molar-refractivity contribution in [3.63, 3.8) is 0 Å². The van der Waals surface area contributed by atoms with Crippen LogP contribution in [0.2, 0.25) is 0 Å². The van der Waals surface area contributed by atoms with E-state index in [1.54, 1.807) is 6.92 Å². The lowest BCUT2D eigenvalue weighted by Gasteiger charge is -2.03. The summed E-state index contributed by atoms with van der Waals surface area (Å²) >= 11 is 4.79. The number of nitrogens with zero attached hydrogens (tertiary/aromatic N) is 1. The molecule has 0 spiro atoms. The van der Waals surface area contributed by atoms with Gasteiger partial charge in [-0.2, -0.15) is 0 Å². The average molecular weight is 184 g/mol. The first-order chi connectivity index (χ1) is 5.52. The van der Waals surface area contributed by atoms with E-state index in [9.17, 15) is 9.59 Å². The first-order valence-corrected chi connectivity index (χ1v) is 3.77. The first-order valence-electron chi connectivity index (χ1n) is 3.36. The molecule has 1 aromatic rings. The highest BCUT2D eigenvalue weighted by Crippen LogP contribution is 1.94. The van der Waals surface area contributed by atoms with Crippen molar-refractivity contribution in [2.75, 3.05) is 0 Å². The maximum Gasteiger partial charge on any atom is 0.251 e. The number of carbonyl (C=O) groups excluding carboxylic acids is 1. The molecular formula is C7H8N2O2S. The summed E-state index contributed by atoms with van der Waals surface area (Å²) in [6.07, 6.45) is 0. The molecule has 1 aromatic heterocycles. The molecule has 64 valence electrons. The van der Waals surface area contributed by atoms with Gasteiger partial charge in [-0.1, -0.05) is 0 Å². The average Bonchev–Trinajstić information content (AvgIpc) is 1.82. The van der Waals surface area contributed by atoms with E-state index in [1.807, 2.05) is 0 Å². The quantitative estimate of drug-likeness (QED) is 0.609. The lowest BCUT2D eigenvalue weighted by atomic mass is 10.4. The van der Waals surface area contributed by atoms with Crippen molar-refractivity contribution >= 4 is 18.1 Å². The maximum absolute atomic E-state index is 11.0. The first kappa shape index (κ1) is 8.86. The van der Waals surface area contributed by atoms with Crippen LogP contribution >= 0.6 is 12.2 Å². The van der Waals surface area contributed by atoms with Crippen LogP contribution in [0.15, 0.2) is 10.9 Å². The fourth-order valence-corrected chi connectivity index (χ4v) is 1.38. The van der Waals surface area contributed by atoms with Gasteiger partial charge in [0.1, 0.15) is 0 Å². The number of aromatic nitrogens is 2. The van der Waals surface area contributed by atoms with Crippen LogP contribution in [0, 0.1) is 11.7 Å². The van der Waals surface area contributed by atoms with Gasteiger partial charge in [-0.15, -0.1) is 0 Å². The van der Waals surface area contributed by atoms with Gasteiger partial charge in [0.25, 0.3) is 5.56 Å². The van der Waals surface area contributed by atoms with E-state index >= 15 is 0 Å². The van der Waals surface area contributed by atoms with Crippen molar-refractivity contribution in [3.05, 3.63) is 26.9 Å². The highest BCUT2D eigenvalue weighted by molar-refractivity contribution is 7.71. The Morgan fingerprint density at radius 2 is 2.25 bits per heavy atom. The lowest BCUT2D eigenvalue weighted by Crippen LogP contribution is -2.18. The molecule has 1 rings (SSSR count). The number of carbonyl (C=O) groups is 1. The van der Waals surface area contributed by atoms with Crippen LogP contribution < -0.4 is 5.56 Å². The second-order valence-corrected chi connectivity index (χ2v) is 2.82. The van der Waals surface area contributed by atoms with Crippen molar-refractivity contribution in [1.29, 1.82) is 0 Å². The summed E-state index contributed by atoms with van der Waals surface area (Å²) in [5.74, 6) is -0.200. The Balaban J connectivity index is 3.60. The number of H-pyrrole nitrogens is 1. The topological polar surface area (TPSA) is 54.9 Å². The van der Waals surface area contributed by atoms with Gasteiger partial charge in [-0.3, -0.25) is 19.1 Å². The highest BCUT2D eigenvalue weighted by Gasteiger charge is 2.02. The molecule has 0 aliphatic heterocycles. The molecule has 0 radical (unpaired) electrons. The number of rotatable bonds is 0. The number of aryl methyl sites for hydroxylation is 1. The van der Waals surface area contributed by atoms with Gasteiger partial charge in [0.2, 0.25) is 5.91 Å². The minimum Gasteiger partial charge on any atom is -0.299 e. The van der Waals surface area contributed by atoms with Gasteiger partial charge in [-0.05, 0) is 19.1 Å². The predicted octanol–water partition coefficient (Wildman–Crippen LogP) is 0.874. The van der Waals surface area contributed by atoms with E-state index in [1.165, 1.54) is 17.6 Å². The zero-order valence-corrected chi connectivity index (χ0v) is 7.57. The number of hydrogen-bond acceptors (Lipinski definition) is 3. The molecular weight excluding hydrogens is 176 g/mol. The number of nitrogens with one attached hydrogen (secondary N) is 1. The lowest BCUT2D eigenvalue weighted by molar-refractivity contribution is 0.0930. The third-order valence-corrected chi connectivity index (χ3v) is 1.73. The van der Waals surface area contributed by atoms with Crippen LogP contribution in [-0.2, 0) is 0 Å². The molecule has 0 atom stereocenters. The van der Waals surface area contributed by atoms with Crippen molar-refractivity contribution in [2.45, 2.75) is 13.8 Å². The minimum atomic E-state index is -0.282. The molecule has 4 nitrogen and oxygen atoms in total. The molecule has 0 aromatic carbocycles. The Morgan fingerprint density at radius 3 is 2.67 bits per heavy atom. The van der Waals surface area contributed by atoms with E-state index in [0.29, 0.717) is 5.69 Å². The minimum absolute atomic E-state index is 0.146. The van der Waals surface area contributed by atoms with Crippen molar-refractivity contribution in [2.24, 2.45) is 0 Å². The molecule has 0 unspecified atom stereocenters. The molecule has 0 amide bonds.